The Morgan fingerprint density at radius 3 is 2.60 bits per heavy atom. The van der Waals surface area contributed by atoms with E-state index in [2.05, 4.69) is 0 Å². The van der Waals surface area contributed by atoms with E-state index in [0.717, 1.165) is 17.1 Å². The minimum Gasteiger partial charge on any atom is -0.497 e. The Morgan fingerprint density at radius 1 is 1.40 bits per heavy atom. The molecule has 0 fully saturated rings. The Hall–Kier alpha value is -1.13. The molecule has 0 aliphatic rings. The van der Waals surface area contributed by atoms with Crippen LogP contribution in [0.15, 0.2) is 40.6 Å². The molecule has 0 saturated heterocycles. The van der Waals surface area contributed by atoms with E-state index in [4.69, 9.17) is 10.5 Å². The lowest BCUT2D eigenvalue weighted by molar-refractivity contribution is 0.414. The van der Waals surface area contributed by atoms with Gasteiger partial charge in [-0.15, -0.1) is 0 Å². The molecule has 3 nitrogen and oxygen atoms in total. The Morgan fingerprint density at radius 2 is 2.07 bits per heavy atom. The SMILES string of the molecule is COc1ccc(S(=O)/C=C/CCN)cc1. The number of ether oxygens (including phenoxy) is 1. The van der Waals surface area contributed by atoms with E-state index in [1.54, 1.807) is 36.8 Å². The molecule has 0 spiro atoms. The maximum Gasteiger partial charge on any atom is 0.118 e. The van der Waals surface area contributed by atoms with Crippen molar-refractivity contribution in [3.05, 3.63) is 35.7 Å². The summed E-state index contributed by atoms with van der Waals surface area (Å²) in [6.07, 6.45) is 2.59. The molecule has 1 aromatic rings. The number of hydrogen-bond donors (Lipinski definition) is 1. The summed E-state index contributed by atoms with van der Waals surface area (Å²) in [5, 5.41) is 1.66. The van der Waals surface area contributed by atoms with Crippen LogP contribution in [0.3, 0.4) is 0 Å². The first-order valence-corrected chi connectivity index (χ1v) is 5.90. The lowest BCUT2D eigenvalue weighted by Gasteiger charge is -2.00. The van der Waals surface area contributed by atoms with Gasteiger partial charge in [0.15, 0.2) is 0 Å². The van der Waals surface area contributed by atoms with Crippen LogP contribution in [-0.2, 0) is 10.8 Å². The average Bonchev–Trinajstić information content (AvgIpc) is 2.29. The molecule has 0 heterocycles. The van der Waals surface area contributed by atoms with E-state index >= 15 is 0 Å². The van der Waals surface area contributed by atoms with Crippen LogP contribution in [0, 0.1) is 0 Å². The van der Waals surface area contributed by atoms with E-state index in [0.29, 0.717) is 6.54 Å². The zero-order valence-electron chi connectivity index (χ0n) is 8.68. The molecule has 1 unspecified atom stereocenters. The van der Waals surface area contributed by atoms with Gasteiger partial charge in [-0.2, -0.15) is 0 Å². The van der Waals surface area contributed by atoms with Crippen LogP contribution in [-0.4, -0.2) is 17.9 Å². The summed E-state index contributed by atoms with van der Waals surface area (Å²) in [5.74, 6) is 0.765. The highest BCUT2D eigenvalue weighted by molar-refractivity contribution is 7.88. The van der Waals surface area contributed by atoms with Gasteiger partial charge in [-0.3, -0.25) is 0 Å². The van der Waals surface area contributed by atoms with Crippen molar-refractivity contribution in [3.63, 3.8) is 0 Å². The fraction of sp³-hybridized carbons (Fsp3) is 0.273. The molecule has 1 atom stereocenters. The van der Waals surface area contributed by atoms with Crippen molar-refractivity contribution in [2.24, 2.45) is 5.73 Å². The van der Waals surface area contributed by atoms with Gasteiger partial charge >= 0.3 is 0 Å². The summed E-state index contributed by atoms with van der Waals surface area (Å²) in [6.45, 7) is 0.580. The highest BCUT2D eigenvalue weighted by Crippen LogP contribution is 2.14. The van der Waals surface area contributed by atoms with Crippen LogP contribution in [0.2, 0.25) is 0 Å². The molecule has 0 aliphatic heterocycles. The molecule has 82 valence electrons. The molecule has 0 aliphatic carbocycles. The van der Waals surface area contributed by atoms with E-state index in [9.17, 15) is 4.21 Å². The van der Waals surface area contributed by atoms with Crippen LogP contribution < -0.4 is 10.5 Å². The normalized spacial score (nSPS) is 12.9. The molecular weight excluding hydrogens is 210 g/mol. The van der Waals surface area contributed by atoms with Gasteiger partial charge in [0.1, 0.15) is 5.75 Å². The third-order valence-electron chi connectivity index (χ3n) is 1.84. The van der Waals surface area contributed by atoms with E-state index in [-0.39, 0.29) is 0 Å². The third kappa shape index (κ3) is 3.85. The number of methoxy groups -OCH3 is 1. The summed E-state index contributed by atoms with van der Waals surface area (Å²) in [5.41, 5.74) is 5.32. The van der Waals surface area contributed by atoms with Crippen molar-refractivity contribution in [1.29, 1.82) is 0 Å². The van der Waals surface area contributed by atoms with E-state index < -0.39 is 10.8 Å². The van der Waals surface area contributed by atoms with Gasteiger partial charge in [-0.25, -0.2) is 4.21 Å². The Kier molecular flexibility index (Phi) is 5.07. The monoisotopic (exact) mass is 225 g/mol. The predicted molar refractivity (Wildman–Crippen MR) is 62.2 cm³/mol. The van der Waals surface area contributed by atoms with Gasteiger partial charge in [0.2, 0.25) is 0 Å². The number of hydrogen-bond acceptors (Lipinski definition) is 3. The van der Waals surface area contributed by atoms with Gasteiger partial charge < -0.3 is 10.5 Å². The first kappa shape index (κ1) is 11.9. The second kappa shape index (κ2) is 6.37. The first-order valence-electron chi connectivity index (χ1n) is 4.69. The second-order valence-corrected chi connectivity index (χ2v) is 4.26. The van der Waals surface area contributed by atoms with Crippen molar-refractivity contribution in [2.75, 3.05) is 13.7 Å². The largest absolute Gasteiger partial charge is 0.497 e. The summed E-state index contributed by atoms with van der Waals surface area (Å²) >= 11 is 0. The molecule has 1 rings (SSSR count). The molecule has 2 N–H and O–H groups in total. The van der Waals surface area contributed by atoms with Gasteiger partial charge in [-0.05, 0) is 37.2 Å². The lowest BCUT2D eigenvalue weighted by Crippen LogP contribution is -1.95. The van der Waals surface area contributed by atoms with Crippen LogP contribution >= 0.6 is 0 Å². The summed E-state index contributed by atoms with van der Waals surface area (Å²) < 4.78 is 16.7. The zero-order chi connectivity index (χ0) is 11.1. The van der Waals surface area contributed by atoms with Crippen molar-refractivity contribution in [3.8, 4) is 5.75 Å². The van der Waals surface area contributed by atoms with Crippen LogP contribution in [0.5, 0.6) is 5.75 Å². The summed E-state index contributed by atoms with van der Waals surface area (Å²) in [4.78, 5) is 0.768. The predicted octanol–water partition coefficient (Wildman–Crippen LogP) is 1.67. The van der Waals surface area contributed by atoms with Gasteiger partial charge in [0.05, 0.1) is 17.9 Å². The minimum absolute atomic E-state index is 0.580. The quantitative estimate of drug-likeness (QED) is 0.829. The van der Waals surface area contributed by atoms with Crippen LogP contribution in [0.25, 0.3) is 0 Å². The molecule has 0 radical (unpaired) electrons. The maximum atomic E-state index is 11.7. The van der Waals surface area contributed by atoms with Gasteiger partial charge in [0, 0.05) is 10.3 Å². The van der Waals surface area contributed by atoms with Crippen molar-refractivity contribution < 1.29 is 8.95 Å². The first-order chi connectivity index (χ1) is 7.27. The minimum atomic E-state index is -1.09. The number of rotatable bonds is 5. The Bertz CT molecular complexity index is 346. The standard InChI is InChI=1S/C11H15NO2S/c1-14-10-4-6-11(7-5-10)15(13)9-3-2-8-12/h3-7,9H,2,8,12H2,1H3/b9-3+. The van der Waals surface area contributed by atoms with Crippen molar-refractivity contribution in [1.82, 2.24) is 0 Å². The molecular formula is C11H15NO2S. The zero-order valence-corrected chi connectivity index (χ0v) is 9.50. The summed E-state index contributed by atoms with van der Waals surface area (Å²) in [6, 6.07) is 7.18. The number of nitrogens with two attached hydrogens (primary N) is 1. The molecule has 1 aromatic carbocycles. The average molecular weight is 225 g/mol. The Balaban J connectivity index is 2.66. The highest BCUT2D eigenvalue weighted by atomic mass is 32.2. The number of benzene rings is 1. The van der Waals surface area contributed by atoms with E-state index in [1.807, 2.05) is 6.08 Å². The second-order valence-electron chi connectivity index (χ2n) is 2.92. The van der Waals surface area contributed by atoms with Crippen molar-refractivity contribution in [2.45, 2.75) is 11.3 Å². The van der Waals surface area contributed by atoms with Crippen LogP contribution in [0.4, 0.5) is 0 Å². The topological polar surface area (TPSA) is 52.3 Å². The smallest absolute Gasteiger partial charge is 0.118 e. The van der Waals surface area contributed by atoms with Crippen LogP contribution in [0.1, 0.15) is 6.42 Å². The molecule has 0 amide bonds. The van der Waals surface area contributed by atoms with E-state index in [1.165, 1.54) is 0 Å². The molecule has 4 heteroatoms. The highest BCUT2D eigenvalue weighted by Gasteiger charge is 1.99. The molecule has 0 aromatic heterocycles. The van der Waals surface area contributed by atoms with Gasteiger partial charge in [-0.1, -0.05) is 6.08 Å². The fourth-order valence-electron chi connectivity index (χ4n) is 1.04. The summed E-state index contributed by atoms with van der Waals surface area (Å²) in [7, 11) is 0.517. The molecule has 15 heavy (non-hydrogen) atoms. The molecule has 0 bridgehead atoms. The third-order valence-corrected chi connectivity index (χ3v) is 3.02. The Labute approximate surface area is 92.4 Å². The van der Waals surface area contributed by atoms with Crippen molar-refractivity contribution >= 4 is 10.8 Å². The fourth-order valence-corrected chi connectivity index (χ4v) is 1.91. The lowest BCUT2D eigenvalue weighted by atomic mass is 10.3. The van der Waals surface area contributed by atoms with Gasteiger partial charge in [0.25, 0.3) is 0 Å². The molecule has 0 saturated carbocycles. The maximum absolute atomic E-state index is 11.7.